The first-order valence-corrected chi connectivity index (χ1v) is 10.1. The van der Waals surface area contributed by atoms with Gasteiger partial charge in [-0.3, -0.25) is 0 Å². The number of nitrogens with zero attached hydrogens (tertiary/aromatic N) is 4. The highest BCUT2D eigenvalue weighted by Gasteiger charge is 2.30. The minimum absolute atomic E-state index is 0.117. The van der Waals surface area contributed by atoms with E-state index in [1.165, 1.54) is 10.4 Å². The van der Waals surface area contributed by atoms with Crippen LogP contribution in [0.2, 0.25) is 5.02 Å². The van der Waals surface area contributed by atoms with E-state index in [9.17, 15) is 8.42 Å². The minimum Gasteiger partial charge on any atom is -0.368 e. The number of anilines is 1. The van der Waals surface area contributed by atoms with Crippen molar-refractivity contribution in [3.8, 4) is 6.07 Å². The molecule has 0 amide bonds. The highest BCUT2D eigenvalue weighted by atomic mass is 79.9. The molecule has 1 aromatic heterocycles. The summed E-state index contributed by atoms with van der Waals surface area (Å²) in [6.45, 7) is 1.80. The maximum Gasteiger partial charge on any atom is 0.244 e. The number of pyridine rings is 1. The molecule has 0 unspecified atom stereocenters. The van der Waals surface area contributed by atoms with E-state index in [0.29, 0.717) is 31.9 Å². The van der Waals surface area contributed by atoms with Gasteiger partial charge in [0.25, 0.3) is 0 Å². The molecule has 0 spiro atoms. The summed E-state index contributed by atoms with van der Waals surface area (Å²) in [6, 6.07) is 10.2. The second kappa shape index (κ2) is 7.30. The molecule has 3 rings (SSSR count). The molecule has 1 aliphatic heterocycles. The lowest BCUT2D eigenvalue weighted by molar-refractivity contribution is 0.385. The summed E-state index contributed by atoms with van der Waals surface area (Å²) in [6.07, 6.45) is 1.63. The molecule has 2 heterocycles. The molecule has 1 aliphatic rings. The van der Waals surface area contributed by atoms with Gasteiger partial charge >= 0.3 is 0 Å². The number of nitriles is 1. The van der Waals surface area contributed by atoms with Crippen LogP contribution in [-0.4, -0.2) is 43.9 Å². The average molecular weight is 442 g/mol. The first-order valence-electron chi connectivity index (χ1n) is 7.48. The summed E-state index contributed by atoms with van der Waals surface area (Å²) >= 11 is 9.38. The van der Waals surface area contributed by atoms with E-state index in [1.807, 2.05) is 17.0 Å². The molecule has 1 fully saturated rings. The molecule has 0 aliphatic carbocycles. The Kier molecular flexibility index (Phi) is 5.29. The van der Waals surface area contributed by atoms with Gasteiger partial charge in [0.2, 0.25) is 10.0 Å². The Hall–Kier alpha value is -1.66. The zero-order valence-electron chi connectivity index (χ0n) is 13.1. The molecule has 1 aromatic carbocycles. The molecule has 0 N–H and O–H groups in total. The van der Waals surface area contributed by atoms with Crippen molar-refractivity contribution >= 4 is 43.2 Å². The fourth-order valence-electron chi connectivity index (χ4n) is 2.65. The van der Waals surface area contributed by atoms with Gasteiger partial charge in [0.1, 0.15) is 16.7 Å². The van der Waals surface area contributed by atoms with E-state index in [2.05, 4.69) is 20.9 Å². The van der Waals surface area contributed by atoms with Crippen molar-refractivity contribution in [2.75, 3.05) is 31.1 Å². The Morgan fingerprint density at radius 3 is 2.44 bits per heavy atom. The first kappa shape index (κ1) is 18.1. The van der Waals surface area contributed by atoms with Crippen LogP contribution in [0.3, 0.4) is 0 Å². The normalized spacial score (nSPS) is 15.8. The Labute approximate surface area is 159 Å². The topological polar surface area (TPSA) is 77.3 Å². The van der Waals surface area contributed by atoms with Crippen LogP contribution in [0.15, 0.2) is 45.9 Å². The van der Waals surface area contributed by atoms with Crippen LogP contribution in [-0.2, 0) is 10.0 Å². The van der Waals surface area contributed by atoms with Crippen LogP contribution in [0.1, 0.15) is 5.69 Å². The zero-order valence-corrected chi connectivity index (χ0v) is 16.2. The van der Waals surface area contributed by atoms with Gasteiger partial charge in [0, 0.05) is 30.7 Å². The smallest absolute Gasteiger partial charge is 0.244 e. The van der Waals surface area contributed by atoms with Crippen molar-refractivity contribution in [2.45, 2.75) is 4.90 Å². The lowest BCUT2D eigenvalue weighted by atomic mass is 10.3. The molecule has 0 saturated carbocycles. The number of benzene rings is 1. The van der Waals surface area contributed by atoms with Crippen LogP contribution in [0.5, 0.6) is 0 Å². The summed E-state index contributed by atoms with van der Waals surface area (Å²) in [4.78, 5) is 6.21. The summed E-state index contributed by atoms with van der Waals surface area (Å²) in [7, 11) is -3.63. The number of rotatable bonds is 3. The number of hydrogen-bond acceptors (Lipinski definition) is 5. The van der Waals surface area contributed by atoms with E-state index in [4.69, 9.17) is 16.9 Å². The van der Waals surface area contributed by atoms with E-state index in [-0.39, 0.29) is 9.92 Å². The molecule has 25 heavy (non-hydrogen) atoms. The third kappa shape index (κ3) is 3.80. The predicted molar refractivity (Wildman–Crippen MR) is 99.1 cm³/mol. The SMILES string of the molecule is N#Cc1ccc(N2CCN(S(=O)(=O)c3ccc(Br)cc3Cl)CC2)cn1. The van der Waals surface area contributed by atoms with Crippen molar-refractivity contribution in [3.63, 3.8) is 0 Å². The van der Waals surface area contributed by atoms with Gasteiger partial charge in [-0.1, -0.05) is 27.5 Å². The standard InChI is InChI=1S/C16H14BrClN4O2S/c17-12-1-4-16(15(18)9-12)25(23,24)22-7-5-21(6-8-22)14-3-2-13(10-19)20-11-14/h1-4,9,11H,5-8H2. The number of sulfonamides is 1. The number of piperazine rings is 1. The molecular weight excluding hydrogens is 428 g/mol. The van der Waals surface area contributed by atoms with Crippen molar-refractivity contribution in [2.24, 2.45) is 0 Å². The Balaban J connectivity index is 1.73. The number of hydrogen-bond donors (Lipinski definition) is 0. The van der Waals surface area contributed by atoms with E-state index in [1.54, 1.807) is 24.4 Å². The van der Waals surface area contributed by atoms with Crippen molar-refractivity contribution in [1.29, 1.82) is 5.26 Å². The molecule has 0 radical (unpaired) electrons. The first-order chi connectivity index (χ1) is 11.9. The maximum absolute atomic E-state index is 12.8. The Bertz CT molecular complexity index is 920. The van der Waals surface area contributed by atoms with Gasteiger partial charge < -0.3 is 4.90 Å². The number of halogens is 2. The van der Waals surface area contributed by atoms with E-state index in [0.717, 1.165) is 10.2 Å². The van der Waals surface area contributed by atoms with Crippen LogP contribution in [0, 0.1) is 11.3 Å². The monoisotopic (exact) mass is 440 g/mol. The summed E-state index contributed by atoms with van der Waals surface area (Å²) in [5, 5.41) is 9.00. The highest BCUT2D eigenvalue weighted by Crippen LogP contribution is 2.28. The Morgan fingerprint density at radius 2 is 1.88 bits per heavy atom. The van der Waals surface area contributed by atoms with Gasteiger partial charge in [-0.05, 0) is 30.3 Å². The quantitative estimate of drug-likeness (QED) is 0.732. The lowest BCUT2D eigenvalue weighted by Gasteiger charge is -2.35. The average Bonchev–Trinajstić information content (AvgIpc) is 2.61. The van der Waals surface area contributed by atoms with Gasteiger partial charge in [0.15, 0.2) is 0 Å². The van der Waals surface area contributed by atoms with Gasteiger partial charge in [-0.25, -0.2) is 13.4 Å². The van der Waals surface area contributed by atoms with Gasteiger partial charge in [-0.15, -0.1) is 0 Å². The maximum atomic E-state index is 12.8. The molecular formula is C16H14BrClN4O2S. The largest absolute Gasteiger partial charge is 0.368 e. The van der Waals surface area contributed by atoms with Gasteiger partial charge in [0.05, 0.1) is 16.9 Å². The lowest BCUT2D eigenvalue weighted by Crippen LogP contribution is -2.48. The third-order valence-electron chi connectivity index (χ3n) is 3.98. The summed E-state index contributed by atoms with van der Waals surface area (Å²) in [5.74, 6) is 0. The van der Waals surface area contributed by atoms with Crippen molar-refractivity contribution in [3.05, 3.63) is 51.7 Å². The summed E-state index contributed by atoms with van der Waals surface area (Å²) in [5.41, 5.74) is 1.23. The van der Waals surface area contributed by atoms with Crippen LogP contribution >= 0.6 is 27.5 Å². The van der Waals surface area contributed by atoms with Crippen LogP contribution in [0.4, 0.5) is 5.69 Å². The molecule has 0 bridgehead atoms. The fourth-order valence-corrected chi connectivity index (χ4v) is 5.08. The molecule has 6 nitrogen and oxygen atoms in total. The molecule has 2 aromatic rings. The predicted octanol–water partition coefficient (Wildman–Crippen LogP) is 2.88. The van der Waals surface area contributed by atoms with Gasteiger partial charge in [-0.2, -0.15) is 9.57 Å². The second-order valence-electron chi connectivity index (χ2n) is 5.48. The molecule has 130 valence electrons. The minimum atomic E-state index is -3.63. The second-order valence-corrected chi connectivity index (χ2v) is 8.71. The summed E-state index contributed by atoms with van der Waals surface area (Å²) < 4.78 is 27.8. The van der Waals surface area contributed by atoms with Crippen LogP contribution < -0.4 is 4.90 Å². The molecule has 1 saturated heterocycles. The fraction of sp³-hybridized carbons (Fsp3) is 0.250. The Morgan fingerprint density at radius 1 is 1.16 bits per heavy atom. The zero-order chi connectivity index (χ0) is 18.0. The third-order valence-corrected chi connectivity index (χ3v) is 6.85. The van der Waals surface area contributed by atoms with E-state index >= 15 is 0 Å². The highest BCUT2D eigenvalue weighted by molar-refractivity contribution is 9.10. The van der Waals surface area contributed by atoms with Crippen molar-refractivity contribution in [1.82, 2.24) is 9.29 Å². The molecule has 9 heteroatoms. The van der Waals surface area contributed by atoms with Crippen molar-refractivity contribution < 1.29 is 8.42 Å². The molecule has 0 atom stereocenters. The van der Waals surface area contributed by atoms with E-state index < -0.39 is 10.0 Å². The van der Waals surface area contributed by atoms with Crippen LogP contribution in [0.25, 0.3) is 0 Å². The number of aromatic nitrogens is 1.